The molecule has 0 aliphatic heterocycles. The summed E-state index contributed by atoms with van der Waals surface area (Å²) in [4.78, 5) is 10.8. The molecule has 0 radical (unpaired) electrons. The minimum atomic E-state index is -1.68. The van der Waals surface area contributed by atoms with Crippen LogP contribution in [-0.4, -0.2) is 18.2 Å². The monoisotopic (exact) mass is 234 g/mol. The van der Waals surface area contributed by atoms with Gasteiger partial charge in [-0.25, -0.2) is 13.2 Å². The highest BCUT2D eigenvalue weighted by atomic mass is 19.2. The molecule has 16 heavy (non-hydrogen) atoms. The second-order valence-electron chi connectivity index (χ2n) is 3.06. The Morgan fingerprint density at radius 2 is 2.00 bits per heavy atom. The Bertz CT molecular complexity index is 407. The van der Waals surface area contributed by atoms with Gasteiger partial charge in [-0.1, -0.05) is 6.07 Å². The van der Waals surface area contributed by atoms with E-state index in [9.17, 15) is 23.1 Å². The fraction of sp³-hybridized carbons (Fsp3) is 0.300. The number of halogens is 3. The molecule has 6 heteroatoms. The zero-order chi connectivity index (χ0) is 12.3. The van der Waals surface area contributed by atoms with Crippen molar-refractivity contribution in [2.45, 2.75) is 12.5 Å². The lowest BCUT2D eigenvalue weighted by atomic mass is 10.1. The van der Waals surface area contributed by atoms with Gasteiger partial charge in [0.1, 0.15) is 0 Å². The summed E-state index contributed by atoms with van der Waals surface area (Å²) in [6, 6.07) is 1.55. The molecule has 0 aliphatic carbocycles. The molecule has 0 heterocycles. The number of hydrogen-bond acceptors (Lipinski definition) is 3. The molecule has 0 saturated heterocycles. The summed E-state index contributed by atoms with van der Waals surface area (Å²) in [7, 11) is 1.09. The third kappa shape index (κ3) is 2.52. The maximum atomic E-state index is 13.1. The van der Waals surface area contributed by atoms with Crippen LogP contribution in [0.5, 0.6) is 0 Å². The average molecular weight is 234 g/mol. The van der Waals surface area contributed by atoms with E-state index < -0.39 is 41.5 Å². The Kier molecular flexibility index (Phi) is 3.89. The predicted molar refractivity (Wildman–Crippen MR) is 47.9 cm³/mol. The first-order valence-electron chi connectivity index (χ1n) is 4.35. The van der Waals surface area contributed by atoms with Gasteiger partial charge < -0.3 is 9.84 Å². The molecule has 88 valence electrons. The lowest BCUT2D eigenvalue weighted by molar-refractivity contribution is -0.142. The number of ether oxygens (including phenoxy) is 1. The minimum Gasteiger partial charge on any atom is -0.469 e. The smallest absolute Gasteiger partial charge is 0.308 e. The molecule has 0 aliphatic rings. The molecule has 1 N–H and O–H groups in total. The Balaban J connectivity index is 2.96. The van der Waals surface area contributed by atoms with E-state index in [0.717, 1.165) is 13.2 Å². The number of aliphatic hydroxyl groups is 1. The zero-order valence-corrected chi connectivity index (χ0v) is 8.34. The molecule has 1 rings (SSSR count). The second-order valence-corrected chi connectivity index (χ2v) is 3.06. The second kappa shape index (κ2) is 4.98. The summed E-state index contributed by atoms with van der Waals surface area (Å²) in [5.74, 6) is -5.32. The van der Waals surface area contributed by atoms with E-state index in [0.29, 0.717) is 6.07 Å². The molecule has 0 amide bonds. The average Bonchev–Trinajstić information content (AvgIpc) is 2.25. The molecule has 0 fully saturated rings. The molecule has 0 unspecified atom stereocenters. The number of hydrogen-bond donors (Lipinski definition) is 1. The molecule has 0 bridgehead atoms. The van der Waals surface area contributed by atoms with Gasteiger partial charge in [-0.3, -0.25) is 4.79 Å². The van der Waals surface area contributed by atoms with Crippen molar-refractivity contribution in [2.75, 3.05) is 7.11 Å². The van der Waals surface area contributed by atoms with Crippen LogP contribution in [-0.2, 0) is 9.53 Å². The number of carbonyl (C=O) groups is 1. The van der Waals surface area contributed by atoms with E-state index in [1.165, 1.54) is 0 Å². The van der Waals surface area contributed by atoms with Crippen molar-refractivity contribution in [3.05, 3.63) is 35.1 Å². The van der Waals surface area contributed by atoms with Gasteiger partial charge >= 0.3 is 5.97 Å². The third-order valence-corrected chi connectivity index (χ3v) is 2.01. The number of aliphatic hydroxyl groups excluding tert-OH is 1. The molecule has 1 atom stereocenters. The fourth-order valence-corrected chi connectivity index (χ4v) is 1.15. The number of rotatable bonds is 3. The molecule has 1 aromatic carbocycles. The van der Waals surface area contributed by atoms with E-state index in [1.54, 1.807) is 0 Å². The van der Waals surface area contributed by atoms with Crippen LogP contribution in [0.4, 0.5) is 13.2 Å². The van der Waals surface area contributed by atoms with Crippen LogP contribution < -0.4 is 0 Å². The van der Waals surface area contributed by atoms with Crippen LogP contribution in [0.2, 0.25) is 0 Å². The largest absolute Gasteiger partial charge is 0.469 e. The van der Waals surface area contributed by atoms with Gasteiger partial charge in [-0.2, -0.15) is 0 Å². The van der Waals surface area contributed by atoms with E-state index in [4.69, 9.17) is 0 Å². The Hall–Kier alpha value is -1.56. The SMILES string of the molecule is COC(=O)C[C@@H](O)c1ccc(F)c(F)c1F. The maximum Gasteiger partial charge on any atom is 0.308 e. The maximum absolute atomic E-state index is 13.1. The van der Waals surface area contributed by atoms with Gasteiger partial charge in [0.2, 0.25) is 0 Å². The zero-order valence-electron chi connectivity index (χ0n) is 8.34. The molecular weight excluding hydrogens is 225 g/mol. The summed E-state index contributed by atoms with van der Waals surface area (Å²) >= 11 is 0. The number of benzene rings is 1. The van der Waals surface area contributed by atoms with E-state index in [1.807, 2.05) is 0 Å². The summed E-state index contributed by atoms with van der Waals surface area (Å²) in [6.07, 6.45) is -2.10. The first-order valence-corrected chi connectivity index (χ1v) is 4.35. The van der Waals surface area contributed by atoms with Crippen LogP contribution in [0, 0.1) is 17.5 Å². The van der Waals surface area contributed by atoms with Crippen molar-refractivity contribution in [3.8, 4) is 0 Å². The summed E-state index contributed by atoms with van der Waals surface area (Å²) in [5.41, 5.74) is -0.482. The van der Waals surface area contributed by atoms with Crippen molar-refractivity contribution in [3.63, 3.8) is 0 Å². The Morgan fingerprint density at radius 1 is 1.38 bits per heavy atom. The molecule has 1 aromatic rings. The lowest BCUT2D eigenvalue weighted by Gasteiger charge is -2.11. The molecule has 0 aromatic heterocycles. The van der Waals surface area contributed by atoms with Gasteiger partial charge in [-0.15, -0.1) is 0 Å². The number of methoxy groups -OCH3 is 1. The summed E-state index contributed by atoms with van der Waals surface area (Å²) in [6.45, 7) is 0. The van der Waals surface area contributed by atoms with Gasteiger partial charge in [0.15, 0.2) is 17.5 Å². The summed E-state index contributed by atoms with van der Waals surface area (Å²) in [5, 5.41) is 9.39. The predicted octanol–water partition coefficient (Wildman–Crippen LogP) is 1.70. The van der Waals surface area contributed by atoms with Gasteiger partial charge in [0.05, 0.1) is 19.6 Å². The van der Waals surface area contributed by atoms with Crippen LogP contribution >= 0.6 is 0 Å². The van der Waals surface area contributed by atoms with Crippen molar-refractivity contribution in [2.24, 2.45) is 0 Å². The Labute approximate surface area is 89.5 Å². The number of carbonyl (C=O) groups excluding carboxylic acids is 1. The first kappa shape index (κ1) is 12.5. The third-order valence-electron chi connectivity index (χ3n) is 2.01. The van der Waals surface area contributed by atoms with Crippen molar-refractivity contribution >= 4 is 5.97 Å². The normalized spacial score (nSPS) is 12.3. The molecule has 0 spiro atoms. The summed E-state index contributed by atoms with van der Waals surface area (Å²) < 4.78 is 42.7. The van der Waals surface area contributed by atoms with Gasteiger partial charge in [0, 0.05) is 5.56 Å². The fourth-order valence-electron chi connectivity index (χ4n) is 1.15. The quantitative estimate of drug-likeness (QED) is 0.639. The van der Waals surface area contributed by atoms with E-state index >= 15 is 0 Å². The van der Waals surface area contributed by atoms with Crippen LogP contribution in [0.25, 0.3) is 0 Å². The minimum absolute atomic E-state index is 0.482. The Morgan fingerprint density at radius 3 is 2.56 bits per heavy atom. The highest BCUT2D eigenvalue weighted by Gasteiger charge is 2.21. The highest BCUT2D eigenvalue weighted by molar-refractivity contribution is 5.70. The molecular formula is C10H9F3O3. The van der Waals surface area contributed by atoms with E-state index in [2.05, 4.69) is 4.74 Å². The van der Waals surface area contributed by atoms with Crippen molar-refractivity contribution in [1.82, 2.24) is 0 Å². The highest BCUT2D eigenvalue weighted by Crippen LogP contribution is 2.23. The van der Waals surface area contributed by atoms with Crippen molar-refractivity contribution < 1.29 is 27.8 Å². The van der Waals surface area contributed by atoms with Crippen molar-refractivity contribution in [1.29, 1.82) is 0 Å². The van der Waals surface area contributed by atoms with Gasteiger partial charge in [-0.05, 0) is 6.07 Å². The number of esters is 1. The molecule has 0 saturated carbocycles. The lowest BCUT2D eigenvalue weighted by Crippen LogP contribution is -2.10. The molecule has 3 nitrogen and oxygen atoms in total. The van der Waals surface area contributed by atoms with Gasteiger partial charge in [0.25, 0.3) is 0 Å². The van der Waals surface area contributed by atoms with Crippen LogP contribution in [0.3, 0.4) is 0 Å². The van der Waals surface area contributed by atoms with E-state index in [-0.39, 0.29) is 0 Å². The first-order chi connectivity index (χ1) is 7.47. The topological polar surface area (TPSA) is 46.5 Å². The standard InChI is InChI=1S/C10H9F3O3/c1-16-8(15)4-7(14)5-2-3-6(11)10(13)9(5)12/h2-3,7,14H,4H2,1H3/t7-/m1/s1. The van der Waals surface area contributed by atoms with Crippen LogP contribution in [0.1, 0.15) is 18.1 Å². The van der Waals surface area contributed by atoms with Crippen LogP contribution in [0.15, 0.2) is 12.1 Å².